The Hall–Kier alpha value is -1.78. The van der Waals surface area contributed by atoms with Gasteiger partial charge in [-0.1, -0.05) is 135 Å². The Morgan fingerprint density at radius 2 is 1.08 bits per heavy atom. The highest BCUT2D eigenvalue weighted by atomic mass is 31.2. The zero-order valence-electron chi connectivity index (χ0n) is 30.8. The number of phosphoric ester groups is 1. The van der Waals surface area contributed by atoms with Gasteiger partial charge in [0.2, 0.25) is 5.91 Å². The van der Waals surface area contributed by atoms with E-state index < -0.39 is 57.6 Å². The maximum Gasteiger partial charge on any atom is 0.472 e. The van der Waals surface area contributed by atoms with E-state index in [0.717, 1.165) is 25.7 Å². The fourth-order valence-electron chi connectivity index (χ4n) is 5.23. The first-order valence-electron chi connectivity index (χ1n) is 19.2. The molecular weight excluding hydrogens is 649 g/mol. The van der Waals surface area contributed by atoms with Crippen LogP contribution >= 0.6 is 7.82 Å². The molecule has 0 aromatic rings. The van der Waals surface area contributed by atoms with Crippen molar-refractivity contribution in [1.82, 2.24) is 5.32 Å². The Bertz CT molecular complexity index is 900. The molecule has 0 rings (SSSR count). The summed E-state index contributed by atoms with van der Waals surface area (Å²) in [4.78, 5) is 45.0. The van der Waals surface area contributed by atoms with Crippen LogP contribution in [0.5, 0.6) is 0 Å². The Morgan fingerprint density at radius 1 is 0.633 bits per heavy atom. The van der Waals surface area contributed by atoms with E-state index in [1.54, 1.807) is 0 Å². The molecule has 0 bridgehead atoms. The van der Waals surface area contributed by atoms with Gasteiger partial charge in [-0.15, -0.1) is 0 Å². The molecule has 4 N–H and O–H groups in total. The van der Waals surface area contributed by atoms with E-state index in [2.05, 4.69) is 28.9 Å². The summed E-state index contributed by atoms with van der Waals surface area (Å²) in [6.45, 7) is 2.29. The Morgan fingerprint density at radius 3 is 1.57 bits per heavy atom. The van der Waals surface area contributed by atoms with E-state index in [0.29, 0.717) is 12.8 Å². The zero-order chi connectivity index (χ0) is 36.4. The van der Waals surface area contributed by atoms with Crippen molar-refractivity contribution in [2.45, 2.75) is 187 Å². The highest BCUT2D eigenvalue weighted by Crippen LogP contribution is 2.43. The third-order valence-electron chi connectivity index (χ3n) is 8.30. The molecule has 11 nitrogen and oxygen atoms in total. The van der Waals surface area contributed by atoms with Crippen LogP contribution in [-0.4, -0.2) is 64.9 Å². The minimum absolute atomic E-state index is 0.149. The monoisotopic (exact) mass is 719 g/mol. The average Bonchev–Trinajstić information content (AvgIpc) is 3.07. The molecule has 49 heavy (non-hydrogen) atoms. The second kappa shape index (κ2) is 33.4. The van der Waals surface area contributed by atoms with Crippen molar-refractivity contribution in [2.75, 3.05) is 19.8 Å². The average molecular weight is 720 g/mol. The van der Waals surface area contributed by atoms with Crippen LogP contribution in [0, 0.1) is 0 Å². The number of aliphatic carboxylic acids is 1. The number of phosphoric acid groups is 1. The second-order valence-corrected chi connectivity index (χ2v) is 14.6. The van der Waals surface area contributed by atoms with E-state index in [1.807, 2.05) is 6.92 Å². The number of ether oxygens (including phenoxy) is 1. The van der Waals surface area contributed by atoms with Gasteiger partial charge in [-0.05, 0) is 38.5 Å². The number of carbonyl (C=O) groups is 3. The molecule has 0 heterocycles. The van der Waals surface area contributed by atoms with Gasteiger partial charge in [-0.3, -0.25) is 18.6 Å². The number of carbonyl (C=O) groups excluding carboxylic acids is 2. The van der Waals surface area contributed by atoms with Crippen molar-refractivity contribution in [2.24, 2.45) is 0 Å². The number of carboxylic acid groups (broad SMARTS) is 1. The molecule has 0 aromatic carbocycles. The van der Waals surface area contributed by atoms with Crippen LogP contribution in [0.2, 0.25) is 0 Å². The van der Waals surface area contributed by atoms with Crippen LogP contribution in [0.25, 0.3) is 0 Å². The number of hydrogen-bond donors (Lipinski definition) is 4. The molecule has 0 aliphatic carbocycles. The highest BCUT2D eigenvalue weighted by Gasteiger charge is 2.28. The fraction of sp³-hybridized carbons (Fsp3) is 0.865. The van der Waals surface area contributed by atoms with Crippen LogP contribution in [-0.2, 0) is 32.7 Å². The van der Waals surface area contributed by atoms with Gasteiger partial charge in [0.1, 0.15) is 12.7 Å². The largest absolute Gasteiger partial charge is 0.480 e. The van der Waals surface area contributed by atoms with Gasteiger partial charge in [0.15, 0.2) is 6.04 Å². The van der Waals surface area contributed by atoms with Gasteiger partial charge >= 0.3 is 19.8 Å². The Labute approximate surface area is 296 Å². The smallest absolute Gasteiger partial charge is 0.472 e. The number of aliphatic hydroxyl groups excluding tert-OH is 1. The molecule has 1 amide bonds. The van der Waals surface area contributed by atoms with Crippen molar-refractivity contribution in [3.8, 4) is 0 Å². The number of esters is 1. The maximum absolute atomic E-state index is 12.2. The minimum Gasteiger partial charge on any atom is -0.480 e. The summed E-state index contributed by atoms with van der Waals surface area (Å²) in [7, 11) is -4.73. The summed E-state index contributed by atoms with van der Waals surface area (Å²) < 4.78 is 26.3. The van der Waals surface area contributed by atoms with Gasteiger partial charge in [0, 0.05) is 12.8 Å². The summed E-state index contributed by atoms with van der Waals surface area (Å²) >= 11 is 0. The molecule has 0 saturated heterocycles. The molecule has 0 aromatic heterocycles. The first kappa shape index (κ1) is 47.2. The predicted molar refractivity (Wildman–Crippen MR) is 194 cm³/mol. The summed E-state index contributed by atoms with van der Waals surface area (Å²) in [6.07, 6.45) is 31.0. The van der Waals surface area contributed by atoms with Crippen molar-refractivity contribution in [3.63, 3.8) is 0 Å². The third kappa shape index (κ3) is 33.1. The standard InChI is InChI=1S/C37H70NO10P/c1-3-5-7-8-9-10-11-12-13-14-15-16-17-18-19-20-21-22-23-24-25-26-27-28-35(40)38-34(37(42)43)32-48-49(44,45)47-31-33(39)30-46-36(41)29-6-4-2/h12-13,33-34,39H,3-11,14-32H2,1-2H3,(H,38,40)(H,42,43)(H,44,45)/b13-12+. The fourth-order valence-corrected chi connectivity index (χ4v) is 6.00. The molecule has 288 valence electrons. The first-order valence-corrected chi connectivity index (χ1v) is 20.7. The number of nitrogens with one attached hydrogen (secondary N) is 1. The lowest BCUT2D eigenvalue weighted by Crippen LogP contribution is -2.43. The van der Waals surface area contributed by atoms with E-state index in [4.69, 9.17) is 9.26 Å². The third-order valence-corrected chi connectivity index (χ3v) is 9.26. The van der Waals surface area contributed by atoms with E-state index >= 15 is 0 Å². The topological polar surface area (TPSA) is 169 Å². The molecule has 0 aliphatic heterocycles. The van der Waals surface area contributed by atoms with Gasteiger partial charge in [-0.2, -0.15) is 0 Å². The van der Waals surface area contributed by atoms with Crippen LogP contribution < -0.4 is 5.32 Å². The van der Waals surface area contributed by atoms with Crippen LogP contribution in [0.3, 0.4) is 0 Å². The van der Waals surface area contributed by atoms with Crippen molar-refractivity contribution in [1.29, 1.82) is 0 Å². The SMILES string of the molecule is CCCCCCCC/C=C/CCCCCCCCCCCCCCCC(=O)NC(COP(=O)(O)OCC(O)COC(=O)CCCC)C(=O)O. The number of allylic oxidation sites excluding steroid dienone is 2. The van der Waals surface area contributed by atoms with Crippen molar-refractivity contribution >= 4 is 25.7 Å². The molecule has 0 radical (unpaired) electrons. The Balaban J connectivity index is 3.76. The molecule has 0 aliphatic rings. The lowest BCUT2D eigenvalue weighted by Gasteiger charge is -2.18. The van der Waals surface area contributed by atoms with Crippen molar-refractivity contribution in [3.05, 3.63) is 12.2 Å². The molecule has 0 spiro atoms. The Kier molecular flexibility index (Phi) is 32.2. The predicted octanol–water partition coefficient (Wildman–Crippen LogP) is 8.94. The zero-order valence-corrected chi connectivity index (χ0v) is 31.6. The molecular formula is C37H70NO10P. The molecule has 0 saturated carbocycles. The number of hydrogen-bond acceptors (Lipinski definition) is 8. The molecule has 12 heteroatoms. The maximum atomic E-state index is 12.2. The van der Waals surface area contributed by atoms with E-state index in [1.165, 1.54) is 109 Å². The number of unbranched alkanes of at least 4 members (excludes halogenated alkanes) is 20. The summed E-state index contributed by atoms with van der Waals surface area (Å²) in [5, 5.41) is 21.5. The molecule has 0 fully saturated rings. The number of carboxylic acids is 1. The molecule has 3 atom stereocenters. The van der Waals surface area contributed by atoms with Gasteiger partial charge in [-0.25, -0.2) is 9.36 Å². The minimum atomic E-state index is -4.73. The van der Waals surface area contributed by atoms with E-state index in [-0.39, 0.29) is 12.8 Å². The number of rotatable bonds is 36. The van der Waals surface area contributed by atoms with Crippen LogP contribution in [0.1, 0.15) is 174 Å². The number of aliphatic hydroxyl groups is 1. The van der Waals surface area contributed by atoms with Crippen LogP contribution in [0.15, 0.2) is 12.2 Å². The summed E-state index contributed by atoms with van der Waals surface area (Å²) in [6, 6.07) is -1.54. The second-order valence-electron chi connectivity index (χ2n) is 13.1. The van der Waals surface area contributed by atoms with Gasteiger partial charge in [0.05, 0.1) is 13.2 Å². The van der Waals surface area contributed by atoms with E-state index in [9.17, 15) is 34.1 Å². The quantitative estimate of drug-likeness (QED) is 0.0212. The normalized spacial score (nSPS) is 14.0. The van der Waals surface area contributed by atoms with Crippen LogP contribution in [0.4, 0.5) is 0 Å². The lowest BCUT2D eigenvalue weighted by molar-refractivity contribution is -0.147. The highest BCUT2D eigenvalue weighted by molar-refractivity contribution is 7.47. The van der Waals surface area contributed by atoms with Gasteiger partial charge in [0.25, 0.3) is 0 Å². The summed E-state index contributed by atoms with van der Waals surface area (Å²) in [5.41, 5.74) is 0. The summed E-state index contributed by atoms with van der Waals surface area (Å²) in [5.74, 6) is -2.40. The van der Waals surface area contributed by atoms with Gasteiger partial charge < -0.3 is 25.2 Å². The molecule has 3 unspecified atom stereocenters. The first-order chi connectivity index (χ1) is 23.6. The van der Waals surface area contributed by atoms with Crippen molar-refractivity contribution < 1.29 is 47.8 Å². The lowest BCUT2D eigenvalue weighted by atomic mass is 10.0. The number of amides is 1.